The van der Waals surface area contributed by atoms with E-state index in [4.69, 9.17) is 0 Å². The largest absolute Gasteiger partial charge is 0.208 e. The second kappa shape index (κ2) is 12.8. The molecule has 4 rings (SSSR count). The fourth-order valence-corrected chi connectivity index (χ4v) is 6.94. The molecule has 1 unspecified atom stereocenters. The van der Waals surface area contributed by atoms with Gasteiger partial charge in [-0.3, -0.25) is 0 Å². The van der Waals surface area contributed by atoms with Crippen molar-refractivity contribution in [1.29, 1.82) is 0 Å². The monoisotopic (exact) mass is 504 g/mol. The van der Waals surface area contributed by atoms with Gasteiger partial charge in [0.15, 0.2) is 17.5 Å². The third-order valence-electron chi connectivity index (χ3n) is 9.51. The second-order valence-electron chi connectivity index (χ2n) is 11.7. The van der Waals surface area contributed by atoms with Crippen molar-refractivity contribution in [2.24, 2.45) is 23.7 Å². The summed E-state index contributed by atoms with van der Waals surface area (Å²) >= 11 is 0. The van der Waals surface area contributed by atoms with Crippen LogP contribution in [0.2, 0.25) is 0 Å². The first-order chi connectivity index (χ1) is 17.4. The van der Waals surface area contributed by atoms with Crippen molar-refractivity contribution in [2.75, 3.05) is 0 Å². The van der Waals surface area contributed by atoms with Crippen LogP contribution in [0.3, 0.4) is 0 Å². The number of unbranched alkanes of at least 4 members (excludes halogenated alkanes) is 1. The number of allylic oxidation sites excluding steroid dienone is 4. The molecule has 3 aliphatic carbocycles. The molecule has 0 bridgehead atoms. The highest BCUT2D eigenvalue weighted by Crippen LogP contribution is 2.44. The first-order valence-electron chi connectivity index (χ1n) is 14.6. The smallest absolute Gasteiger partial charge is 0.162 e. The maximum Gasteiger partial charge on any atom is 0.162 e. The van der Waals surface area contributed by atoms with Crippen LogP contribution in [0.1, 0.15) is 121 Å². The van der Waals surface area contributed by atoms with Crippen LogP contribution in [-0.4, -0.2) is 0 Å². The van der Waals surface area contributed by atoms with Gasteiger partial charge in [0.25, 0.3) is 0 Å². The number of aryl methyl sites for hydroxylation is 1. The van der Waals surface area contributed by atoms with Crippen LogP contribution < -0.4 is 0 Å². The minimum Gasteiger partial charge on any atom is -0.208 e. The molecule has 2 saturated carbocycles. The van der Waals surface area contributed by atoms with E-state index in [-0.39, 0.29) is 17.8 Å². The Morgan fingerprint density at radius 3 is 2.08 bits per heavy atom. The number of rotatable bonds is 9. The summed E-state index contributed by atoms with van der Waals surface area (Å²) in [6.07, 6.45) is 15.4. The van der Waals surface area contributed by atoms with Crippen molar-refractivity contribution in [2.45, 2.75) is 116 Å². The van der Waals surface area contributed by atoms with Crippen LogP contribution in [0.4, 0.5) is 17.6 Å². The highest BCUT2D eigenvalue weighted by Gasteiger charge is 2.32. The quantitative estimate of drug-likeness (QED) is 0.293. The van der Waals surface area contributed by atoms with Gasteiger partial charge in [-0.05, 0) is 117 Å². The van der Waals surface area contributed by atoms with Gasteiger partial charge in [0.1, 0.15) is 5.83 Å². The third-order valence-corrected chi connectivity index (χ3v) is 9.51. The molecule has 0 amide bonds. The van der Waals surface area contributed by atoms with Crippen LogP contribution in [0.5, 0.6) is 0 Å². The lowest BCUT2D eigenvalue weighted by Gasteiger charge is -2.32. The van der Waals surface area contributed by atoms with Gasteiger partial charge in [-0.1, -0.05) is 51.3 Å². The summed E-state index contributed by atoms with van der Waals surface area (Å²) in [7, 11) is 0. The number of hydrogen-bond acceptors (Lipinski definition) is 0. The van der Waals surface area contributed by atoms with E-state index in [2.05, 4.69) is 13.8 Å². The minimum absolute atomic E-state index is 0.0791. The predicted octanol–water partition coefficient (Wildman–Crippen LogP) is 10.7. The Bertz CT molecular complexity index is 930. The van der Waals surface area contributed by atoms with Crippen molar-refractivity contribution < 1.29 is 17.6 Å². The fraction of sp³-hybridized carbons (Fsp3) is 0.688. The van der Waals surface area contributed by atoms with E-state index in [0.29, 0.717) is 41.9 Å². The van der Waals surface area contributed by atoms with Gasteiger partial charge in [-0.2, -0.15) is 0 Å². The summed E-state index contributed by atoms with van der Waals surface area (Å²) < 4.78 is 59.3. The second-order valence-corrected chi connectivity index (χ2v) is 11.7. The molecule has 0 nitrogen and oxygen atoms in total. The van der Waals surface area contributed by atoms with E-state index in [9.17, 15) is 17.6 Å². The molecule has 0 saturated heterocycles. The Kier molecular flexibility index (Phi) is 9.75. The summed E-state index contributed by atoms with van der Waals surface area (Å²) in [5.41, 5.74) is 1.62. The molecule has 0 aliphatic heterocycles. The van der Waals surface area contributed by atoms with Gasteiger partial charge in [-0.15, -0.1) is 0 Å². The Hall–Kier alpha value is -1.58. The van der Waals surface area contributed by atoms with Crippen molar-refractivity contribution in [1.82, 2.24) is 0 Å². The molecule has 2 fully saturated rings. The van der Waals surface area contributed by atoms with Crippen molar-refractivity contribution in [3.8, 4) is 0 Å². The third kappa shape index (κ3) is 6.27. The number of hydrogen-bond donors (Lipinski definition) is 0. The Morgan fingerprint density at radius 2 is 1.42 bits per heavy atom. The first-order valence-corrected chi connectivity index (χ1v) is 14.6. The highest BCUT2D eigenvalue weighted by molar-refractivity contribution is 5.35. The zero-order valence-electron chi connectivity index (χ0n) is 22.2. The molecule has 3 aliphatic rings. The molecule has 0 heterocycles. The zero-order chi connectivity index (χ0) is 25.7. The highest BCUT2D eigenvalue weighted by atomic mass is 19.2. The number of halogens is 4. The molecular formula is C32H44F4. The van der Waals surface area contributed by atoms with Gasteiger partial charge in [-0.25, -0.2) is 17.6 Å². The summed E-state index contributed by atoms with van der Waals surface area (Å²) in [4.78, 5) is 0. The van der Waals surface area contributed by atoms with E-state index >= 15 is 0 Å². The molecule has 200 valence electrons. The van der Waals surface area contributed by atoms with Crippen molar-refractivity contribution in [3.63, 3.8) is 0 Å². The van der Waals surface area contributed by atoms with Gasteiger partial charge < -0.3 is 0 Å². The average molecular weight is 505 g/mol. The summed E-state index contributed by atoms with van der Waals surface area (Å²) in [6.45, 7) is 4.28. The van der Waals surface area contributed by atoms with E-state index in [1.165, 1.54) is 6.42 Å². The van der Waals surface area contributed by atoms with Crippen LogP contribution in [0.15, 0.2) is 35.4 Å². The lowest BCUT2D eigenvalue weighted by atomic mass is 9.74. The van der Waals surface area contributed by atoms with Gasteiger partial charge >= 0.3 is 0 Å². The van der Waals surface area contributed by atoms with Crippen LogP contribution in [0.25, 0.3) is 0 Å². The molecule has 0 N–H and O–H groups in total. The molecular weight excluding hydrogens is 460 g/mol. The van der Waals surface area contributed by atoms with Crippen LogP contribution >= 0.6 is 0 Å². The molecule has 1 atom stereocenters. The zero-order valence-corrected chi connectivity index (χ0v) is 22.2. The molecule has 0 aromatic heterocycles. The van der Waals surface area contributed by atoms with E-state index in [1.807, 2.05) is 12.1 Å². The Morgan fingerprint density at radius 1 is 0.750 bits per heavy atom. The minimum atomic E-state index is -0.661. The molecule has 4 heteroatoms. The molecule has 1 aromatic rings. The fourth-order valence-electron chi connectivity index (χ4n) is 6.94. The molecule has 0 spiro atoms. The van der Waals surface area contributed by atoms with Crippen molar-refractivity contribution >= 4 is 0 Å². The van der Waals surface area contributed by atoms with E-state index in [0.717, 1.165) is 76.5 Å². The van der Waals surface area contributed by atoms with Crippen molar-refractivity contribution in [3.05, 3.63) is 58.2 Å². The topological polar surface area (TPSA) is 0 Å². The summed E-state index contributed by atoms with van der Waals surface area (Å²) in [6, 6.07) is 3.63. The van der Waals surface area contributed by atoms with Gasteiger partial charge in [0, 0.05) is 5.92 Å². The number of benzene rings is 1. The average Bonchev–Trinajstić information content (AvgIpc) is 2.91. The van der Waals surface area contributed by atoms with Gasteiger partial charge in [0.2, 0.25) is 0 Å². The van der Waals surface area contributed by atoms with Crippen LogP contribution in [0, 0.1) is 35.3 Å². The Labute approximate surface area is 215 Å². The van der Waals surface area contributed by atoms with E-state index < -0.39 is 23.3 Å². The molecule has 1 aromatic carbocycles. The van der Waals surface area contributed by atoms with Gasteiger partial charge in [0.05, 0.1) is 0 Å². The maximum atomic E-state index is 15.0. The molecule has 0 radical (unpaired) electrons. The normalized spacial score (nSPS) is 29.4. The Balaban J connectivity index is 1.28. The standard InChI is InChI=1S/C32H44F4/c1-3-5-6-25-17-19-27(31(35)29(25)33)24-14-9-22(10-15-24)11-16-26-18-20-28(32(36)30(26)34)23-12-7-21(4-2)8-13-23/h18-25H,3-17H2,1-2H3. The molecule has 36 heavy (non-hydrogen) atoms. The lowest BCUT2D eigenvalue weighted by Crippen LogP contribution is -2.20. The van der Waals surface area contributed by atoms with Crippen LogP contribution in [-0.2, 0) is 6.42 Å². The van der Waals surface area contributed by atoms with E-state index in [1.54, 1.807) is 6.07 Å². The lowest BCUT2D eigenvalue weighted by molar-refractivity contribution is 0.278. The maximum absolute atomic E-state index is 15.0. The first kappa shape index (κ1) is 27.5. The summed E-state index contributed by atoms with van der Waals surface area (Å²) in [5.74, 6) is -1.36. The summed E-state index contributed by atoms with van der Waals surface area (Å²) in [5, 5.41) is 0. The predicted molar refractivity (Wildman–Crippen MR) is 140 cm³/mol. The SMILES string of the molecule is CCCCC1CC=C(C2CCC(CCc3ccc(C4CCC(CC)CC4)c(F)c3F)CC2)C(F)=C1F.